The molecule has 1 atom stereocenters. The van der Waals surface area contributed by atoms with Gasteiger partial charge in [-0.25, -0.2) is 9.69 Å². The fraction of sp³-hybridized carbons (Fsp3) is 0.250. The third-order valence-corrected chi connectivity index (χ3v) is 3.10. The normalized spacial score (nSPS) is 22.2. The summed E-state index contributed by atoms with van der Waals surface area (Å²) in [6.45, 7) is 1.53. The van der Waals surface area contributed by atoms with Crippen molar-refractivity contribution in [1.29, 1.82) is 0 Å². The van der Waals surface area contributed by atoms with E-state index in [1.807, 2.05) is 5.32 Å². The summed E-state index contributed by atoms with van der Waals surface area (Å²) in [5, 5.41) is 5.38. The zero-order chi connectivity index (χ0) is 14.8. The highest BCUT2D eigenvalue weighted by Crippen LogP contribution is 2.28. The number of hydrogen-bond acceptors (Lipinski definition) is 4. The Morgan fingerprint density at radius 3 is 2.50 bits per heavy atom. The van der Waals surface area contributed by atoms with Crippen LogP contribution in [0.25, 0.3) is 10.4 Å². The third-order valence-electron chi connectivity index (χ3n) is 3.10. The number of benzene rings is 1. The third kappa shape index (κ3) is 1.88. The zero-order valence-corrected chi connectivity index (χ0v) is 10.6. The number of azide groups is 1. The molecule has 1 N–H and O–H groups in total. The molecule has 1 aromatic carbocycles. The summed E-state index contributed by atoms with van der Waals surface area (Å²) in [6, 6.07) is 7.25. The second-order valence-electron chi connectivity index (χ2n) is 4.14. The van der Waals surface area contributed by atoms with Crippen LogP contribution in [0.15, 0.2) is 35.4 Å². The molecule has 20 heavy (non-hydrogen) atoms. The summed E-state index contributed by atoms with van der Waals surface area (Å²) in [5.41, 5.74) is 6.96. The lowest BCUT2D eigenvalue weighted by molar-refractivity contribution is -0.136. The van der Waals surface area contributed by atoms with E-state index in [1.165, 1.54) is 6.92 Å². The Morgan fingerprint density at radius 2 is 1.95 bits per heavy atom. The highest BCUT2D eigenvalue weighted by Gasteiger charge is 2.53. The Hall–Kier alpha value is -2.86. The Bertz CT molecular complexity index is 623. The number of amides is 4. The van der Waals surface area contributed by atoms with Crippen LogP contribution in [0.4, 0.5) is 10.5 Å². The second-order valence-corrected chi connectivity index (χ2v) is 4.14. The molecule has 2 rings (SSSR count). The number of hydrogen-bond donors (Lipinski definition) is 1. The van der Waals surface area contributed by atoms with Crippen molar-refractivity contribution < 1.29 is 14.4 Å². The van der Waals surface area contributed by atoms with E-state index < -0.39 is 23.4 Å². The average Bonchev–Trinajstić information content (AvgIpc) is 2.44. The Morgan fingerprint density at radius 1 is 1.30 bits per heavy atom. The van der Waals surface area contributed by atoms with Gasteiger partial charge in [0.15, 0.2) is 0 Å². The topological polar surface area (TPSA) is 115 Å². The minimum absolute atomic E-state index is 0.0433. The number of rotatable bonds is 3. The first-order valence-electron chi connectivity index (χ1n) is 5.88. The van der Waals surface area contributed by atoms with Crippen molar-refractivity contribution >= 4 is 23.5 Å². The number of carbonyl (C=O) groups is 3. The van der Waals surface area contributed by atoms with Crippen molar-refractivity contribution in [3.63, 3.8) is 0 Å². The molecule has 1 fully saturated rings. The first-order chi connectivity index (χ1) is 9.56. The molecule has 0 saturated carbocycles. The van der Waals surface area contributed by atoms with Gasteiger partial charge in [-0.15, -0.1) is 0 Å². The summed E-state index contributed by atoms with van der Waals surface area (Å²) in [5.74, 6) is -1.75. The van der Waals surface area contributed by atoms with E-state index in [2.05, 4.69) is 10.0 Å². The molecule has 1 unspecified atom stereocenters. The summed E-state index contributed by atoms with van der Waals surface area (Å²) in [4.78, 5) is 39.6. The lowest BCUT2D eigenvalue weighted by Gasteiger charge is -2.35. The fourth-order valence-corrected chi connectivity index (χ4v) is 1.99. The predicted molar refractivity (Wildman–Crippen MR) is 69.6 cm³/mol. The van der Waals surface area contributed by atoms with E-state index in [-0.39, 0.29) is 6.42 Å². The highest BCUT2D eigenvalue weighted by atomic mass is 16.2. The van der Waals surface area contributed by atoms with Crippen molar-refractivity contribution in [2.75, 3.05) is 4.90 Å². The van der Waals surface area contributed by atoms with E-state index >= 15 is 0 Å². The van der Waals surface area contributed by atoms with Gasteiger partial charge in [0.25, 0.3) is 5.91 Å². The van der Waals surface area contributed by atoms with Gasteiger partial charge in [-0.05, 0) is 24.1 Å². The molecule has 0 radical (unpaired) electrons. The van der Waals surface area contributed by atoms with Crippen LogP contribution < -0.4 is 10.2 Å². The number of anilines is 1. The maximum atomic E-state index is 12.5. The molecule has 8 heteroatoms. The van der Waals surface area contributed by atoms with E-state index in [4.69, 9.17) is 5.53 Å². The molecule has 1 heterocycles. The first-order valence-corrected chi connectivity index (χ1v) is 5.88. The van der Waals surface area contributed by atoms with Crippen molar-refractivity contribution in [3.05, 3.63) is 40.8 Å². The van der Waals surface area contributed by atoms with Gasteiger partial charge in [-0.3, -0.25) is 14.9 Å². The molecule has 1 aliphatic rings. The number of nitrogens with zero attached hydrogens (tertiary/aromatic N) is 4. The van der Waals surface area contributed by atoms with Crippen LogP contribution >= 0.6 is 0 Å². The average molecular weight is 273 g/mol. The molecule has 1 saturated heterocycles. The van der Waals surface area contributed by atoms with Crippen LogP contribution in [0.3, 0.4) is 0 Å². The number of para-hydroxylation sites is 1. The highest BCUT2D eigenvalue weighted by molar-refractivity contribution is 6.32. The predicted octanol–water partition coefficient (Wildman–Crippen LogP) is 1.73. The molecule has 1 aliphatic heterocycles. The lowest BCUT2D eigenvalue weighted by Crippen LogP contribution is -2.67. The fourth-order valence-electron chi connectivity index (χ4n) is 1.99. The van der Waals surface area contributed by atoms with Crippen molar-refractivity contribution in [1.82, 2.24) is 5.32 Å². The summed E-state index contributed by atoms with van der Waals surface area (Å²) < 4.78 is 0. The minimum Gasteiger partial charge on any atom is -0.276 e. The molecule has 0 spiro atoms. The van der Waals surface area contributed by atoms with Gasteiger partial charge < -0.3 is 0 Å². The quantitative estimate of drug-likeness (QED) is 0.391. The summed E-state index contributed by atoms with van der Waals surface area (Å²) in [6.07, 6.45) is -0.0433. The van der Waals surface area contributed by atoms with Gasteiger partial charge in [0.1, 0.15) is 0 Å². The Labute approximate surface area is 114 Å². The molecule has 0 aliphatic carbocycles. The SMILES string of the molecule is CCC1(N=[N+]=[N-])C(=O)NC(=O)N(c2ccccc2)C1=O. The monoisotopic (exact) mass is 273 g/mol. The maximum Gasteiger partial charge on any atom is 0.335 e. The van der Waals surface area contributed by atoms with Crippen LogP contribution in [-0.4, -0.2) is 23.4 Å². The number of imide groups is 2. The van der Waals surface area contributed by atoms with Gasteiger partial charge in [0.2, 0.25) is 11.4 Å². The largest absolute Gasteiger partial charge is 0.335 e. The van der Waals surface area contributed by atoms with Gasteiger partial charge in [-0.1, -0.05) is 30.2 Å². The Balaban J connectivity index is 2.55. The van der Waals surface area contributed by atoms with Crippen LogP contribution in [0, 0.1) is 0 Å². The lowest BCUT2D eigenvalue weighted by atomic mass is 9.92. The number of urea groups is 1. The molecule has 0 aromatic heterocycles. The molecule has 0 bridgehead atoms. The van der Waals surface area contributed by atoms with Crippen molar-refractivity contribution in [2.45, 2.75) is 18.9 Å². The molecule has 102 valence electrons. The summed E-state index contributed by atoms with van der Waals surface area (Å²) >= 11 is 0. The van der Waals surface area contributed by atoms with Gasteiger partial charge >= 0.3 is 6.03 Å². The maximum absolute atomic E-state index is 12.5. The standard InChI is InChI=1S/C12H11N5O3/c1-2-12(15-16-13)9(18)14-11(20)17(10(12)19)8-6-4-3-5-7-8/h3-7H,2H2,1H3,(H,14,18,20). The molecular formula is C12H11N5O3. The molecular weight excluding hydrogens is 262 g/mol. The van der Waals surface area contributed by atoms with Gasteiger partial charge in [-0.2, -0.15) is 0 Å². The van der Waals surface area contributed by atoms with Crippen LogP contribution in [0.1, 0.15) is 13.3 Å². The van der Waals surface area contributed by atoms with Gasteiger partial charge in [0.05, 0.1) is 5.69 Å². The molecule has 4 amide bonds. The number of carbonyl (C=O) groups excluding carboxylic acids is 3. The number of barbiturate groups is 1. The van der Waals surface area contributed by atoms with Crippen LogP contribution in [0.2, 0.25) is 0 Å². The van der Waals surface area contributed by atoms with E-state index in [9.17, 15) is 14.4 Å². The van der Waals surface area contributed by atoms with E-state index in [0.29, 0.717) is 5.69 Å². The number of nitrogens with one attached hydrogen (secondary N) is 1. The first kappa shape index (κ1) is 13.6. The van der Waals surface area contributed by atoms with Crippen LogP contribution in [-0.2, 0) is 9.59 Å². The molecule has 8 nitrogen and oxygen atoms in total. The van der Waals surface area contributed by atoms with Crippen LogP contribution in [0.5, 0.6) is 0 Å². The van der Waals surface area contributed by atoms with Crippen molar-refractivity contribution in [2.24, 2.45) is 5.11 Å². The second kappa shape index (κ2) is 5.02. The minimum atomic E-state index is -1.93. The zero-order valence-electron chi connectivity index (χ0n) is 10.6. The van der Waals surface area contributed by atoms with E-state index in [1.54, 1.807) is 30.3 Å². The van der Waals surface area contributed by atoms with E-state index in [0.717, 1.165) is 4.90 Å². The Kier molecular flexibility index (Phi) is 3.41. The smallest absolute Gasteiger partial charge is 0.276 e. The van der Waals surface area contributed by atoms with Gasteiger partial charge in [0, 0.05) is 4.91 Å². The van der Waals surface area contributed by atoms with Crippen molar-refractivity contribution in [3.8, 4) is 0 Å². The summed E-state index contributed by atoms with van der Waals surface area (Å²) in [7, 11) is 0. The molecule has 1 aromatic rings.